The number of nitrogens with zero attached hydrogens (tertiary/aromatic N) is 1. The molecule has 1 unspecified atom stereocenters. The van der Waals surface area contributed by atoms with Crippen molar-refractivity contribution in [1.82, 2.24) is 10.2 Å². The summed E-state index contributed by atoms with van der Waals surface area (Å²) in [6.07, 6.45) is 0.252. The van der Waals surface area contributed by atoms with Gasteiger partial charge in [-0.05, 0) is 19.9 Å². The van der Waals surface area contributed by atoms with Crippen molar-refractivity contribution < 1.29 is 14.3 Å². The monoisotopic (exact) mass is 276 g/mol. The van der Waals surface area contributed by atoms with Gasteiger partial charge in [0.15, 0.2) is 0 Å². The van der Waals surface area contributed by atoms with Crippen molar-refractivity contribution in [2.24, 2.45) is 0 Å². The Bertz CT molecular complexity index is 528. The fraction of sp³-hybridized carbons (Fsp3) is 0.467. The van der Waals surface area contributed by atoms with Crippen molar-refractivity contribution in [2.45, 2.75) is 26.3 Å². The van der Waals surface area contributed by atoms with Crippen molar-refractivity contribution in [3.63, 3.8) is 0 Å². The Kier molecular flexibility index (Phi) is 4.27. The molecule has 0 spiro atoms. The highest BCUT2D eigenvalue weighted by molar-refractivity contribution is 5.89. The summed E-state index contributed by atoms with van der Waals surface area (Å²) < 4.78 is 5.29. The van der Waals surface area contributed by atoms with Crippen LogP contribution in [0.15, 0.2) is 18.2 Å². The minimum absolute atomic E-state index is 0.0451. The molecular weight excluding hydrogens is 256 g/mol. The van der Waals surface area contributed by atoms with Gasteiger partial charge in [-0.15, -0.1) is 0 Å². The van der Waals surface area contributed by atoms with E-state index in [1.54, 1.807) is 18.9 Å². The fourth-order valence-electron chi connectivity index (χ4n) is 2.43. The van der Waals surface area contributed by atoms with Crippen LogP contribution in [-0.2, 0) is 16.0 Å². The van der Waals surface area contributed by atoms with Gasteiger partial charge in [0.2, 0.25) is 11.8 Å². The summed E-state index contributed by atoms with van der Waals surface area (Å²) in [6, 6.07) is 5.35. The van der Waals surface area contributed by atoms with E-state index in [1.807, 2.05) is 25.1 Å². The molecule has 20 heavy (non-hydrogen) atoms. The van der Waals surface area contributed by atoms with Crippen LogP contribution >= 0.6 is 0 Å². The van der Waals surface area contributed by atoms with Crippen molar-refractivity contribution in [3.8, 4) is 5.75 Å². The molecule has 0 saturated carbocycles. The molecule has 1 N–H and O–H groups in total. The number of carbonyl (C=O) groups excluding carboxylic acids is 2. The van der Waals surface area contributed by atoms with Gasteiger partial charge < -0.3 is 15.0 Å². The number of hydrogen-bond donors (Lipinski definition) is 1. The van der Waals surface area contributed by atoms with Crippen LogP contribution in [-0.4, -0.2) is 43.0 Å². The van der Waals surface area contributed by atoms with Crippen molar-refractivity contribution in [3.05, 3.63) is 29.3 Å². The highest BCUT2D eigenvalue weighted by atomic mass is 16.5. The van der Waals surface area contributed by atoms with Crippen LogP contribution in [0.1, 0.15) is 18.1 Å². The Morgan fingerprint density at radius 2 is 2.25 bits per heavy atom. The third-order valence-electron chi connectivity index (χ3n) is 3.60. The molecular formula is C15H20N2O3. The molecule has 2 rings (SSSR count). The Morgan fingerprint density at radius 1 is 1.50 bits per heavy atom. The normalized spacial score (nSPS) is 18.6. The second kappa shape index (κ2) is 5.94. The van der Waals surface area contributed by atoms with E-state index in [4.69, 9.17) is 4.74 Å². The van der Waals surface area contributed by atoms with Crippen molar-refractivity contribution in [2.75, 3.05) is 20.2 Å². The van der Waals surface area contributed by atoms with Gasteiger partial charge >= 0.3 is 0 Å². The maximum Gasteiger partial charge on any atom is 0.242 e. The second-order valence-electron chi connectivity index (χ2n) is 5.05. The molecule has 5 heteroatoms. The number of nitrogens with one attached hydrogen (secondary N) is 1. The number of methoxy groups -OCH3 is 1. The molecule has 1 aliphatic heterocycles. The SMILES string of the molecule is COc1ccc(C)cc1CC(=O)N1CCNC(=O)C1C. The summed E-state index contributed by atoms with van der Waals surface area (Å²) in [5.41, 5.74) is 1.94. The number of rotatable bonds is 3. The third kappa shape index (κ3) is 2.92. The van der Waals surface area contributed by atoms with Crippen LogP contribution < -0.4 is 10.1 Å². The van der Waals surface area contributed by atoms with Gasteiger partial charge in [0.25, 0.3) is 0 Å². The van der Waals surface area contributed by atoms with Gasteiger partial charge in [-0.3, -0.25) is 9.59 Å². The molecule has 5 nitrogen and oxygen atoms in total. The molecule has 1 aliphatic rings. The van der Waals surface area contributed by atoms with Gasteiger partial charge in [-0.25, -0.2) is 0 Å². The Labute approximate surface area is 118 Å². The van der Waals surface area contributed by atoms with Crippen LogP contribution in [0.4, 0.5) is 0 Å². The van der Waals surface area contributed by atoms with Gasteiger partial charge in [0.1, 0.15) is 11.8 Å². The largest absolute Gasteiger partial charge is 0.496 e. The summed E-state index contributed by atoms with van der Waals surface area (Å²) in [5, 5.41) is 2.75. The zero-order chi connectivity index (χ0) is 14.7. The minimum atomic E-state index is -0.410. The zero-order valence-electron chi connectivity index (χ0n) is 12.1. The quantitative estimate of drug-likeness (QED) is 0.892. The van der Waals surface area contributed by atoms with E-state index in [1.165, 1.54) is 0 Å². The van der Waals surface area contributed by atoms with Crippen molar-refractivity contribution in [1.29, 1.82) is 0 Å². The van der Waals surface area contributed by atoms with Gasteiger partial charge in [0, 0.05) is 18.7 Å². The first-order chi connectivity index (χ1) is 9.52. The molecule has 2 amide bonds. The average Bonchev–Trinajstić information content (AvgIpc) is 2.42. The van der Waals surface area contributed by atoms with E-state index in [9.17, 15) is 9.59 Å². The molecule has 1 heterocycles. The maximum absolute atomic E-state index is 12.4. The standard InChI is InChI=1S/C15H20N2O3/c1-10-4-5-13(20-3)12(8-10)9-14(18)17-7-6-16-15(19)11(17)2/h4-5,8,11H,6-7,9H2,1-3H3,(H,16,19). The summed E-state index contributed by atoms with van der Waals surface area (Å²) in [5.74, 6) is 0.565. The molecule has 1 saturated heterocycles. The number of aryl methyl sites for hydroxylation is 1. The molecule has 0 aromatic heterocycles. The average molecular weight is 276 g/mol. The van der Waals surface area contributed by atoms with Crippen molar-refractivity contribution >= 4 is 11.8 Å². The molecule has 1 fully saturated rings. The highest BCUT2D eigenvalue weighted by Gasteiger charge is 2.29. The molecule has 1 aromatic rings. The Hall–Kier alpha value is -2.04. The van der Waals surface area contributed by atoms with E-state index < -0.39 is 6.04 Å². The topological polar surface area (TPSA) is 58.6 Å². The number of amides is 2. The molecule has 1 atom stereocenters. The predicted octanol–water partition coefficient (Wildman–Crippen LogP) is 0.893. The summed E-state index contributed by atoms with van der Waals surface area (Å²) in [4.78, 5) is 25.6. The van der Waals surface area contributed by atoms with Gasteiger partial charge in [-0.2, -0.15) is 0 Å². The van der Waals surface area contributed by atoms with E-state index >= 15 is 0 Å². The lowest BCUT2D eigenvalue weighted by Crippen LogP contribution is -2.56. The zero-order valence-corrected chi connectivity index (χ0v) is 12.1. The number of piperazine rings is 1. The first kappa shape index (κ1) is 14.4. The summed E-state index contributed by atoms with van der Waals surface area (Å²) in [7, 11) is 1.59. The molecule has 0 aliphatic carbocycles. The molecule has 0 bridgehead atoms. The van der Waals surface area contributed by atoms with E-state index in [0.29, 0.717) is 18.8 Å². The number of carbonyl (C=O) groups is 2. The second-order valence-corrected chi connectivity index (χ2v) is 5.05. The molecule has 0 radical (unpaired) electrons. The summed E-state index contributed by atoms with van der Waals surface area (Å²) in [6.45, 7) is 4.80. The van der Waals surface area contributed by atoms with E-state index in [0.717, 1.165) is 11.1 Å². The summed E-state index contributed by atoms with van der Waals surface area (Å²) >= 11 is 0. The van der Waals surface area contributed by atoms with Gasteiger partial charge in [-0.1, -0.05) is 17.7 Å². The fourth-order valence-corrected chi connectivity index (χ4v) is 2.43. The maximum atomic E-state index is 12.4. The van der Waals surface area contributed by atoms with E-state index in [2.05, 4.69) is 5.32 Å². The number of benzene rings is 1. The van der Waals surface area contributed by atoms with Crippen LogP contribution in [0.2, 0.25) is 0 Å². The minimum Gasteiger partial charge on any atom is -0.496 e. The lowest BCUT2D eigenvalue weighted by atomic mass is 10.1. The number of hydrogen-bond acceptors (Lipinski definition) is 3. The Balaban J connectivity index is 2.15. The number of ether oxygens (including phenoxy) is 1. The van der Waals surface area contributed by atoms with Crippen LogP contribution in [0.3, 0.4) is 0 Å². The smallest absolute Gasteiger partial charge is 0.242 e. The predicted molar refractivity (Wildman–Crippen MR) is 75.6 cm³/mol. The first-order valence-corrected chi connectivity index (χ1v) is 6.73. The molecule has 108 valence electrons. The van der Waals surface area contributed by atoms with E-state index in [-0.39, 0.29) is 18.2 Å². The Morgan fingerprint density at radius 3 is 2.95 bits per heavy atom. The molecule has 1 aromatic carbocycles. The lowest BCUT2D eigenvalue weighted by molar-refractivity contribution is -0.142. The third-order valence-corrected chi connectivity index (χ3v) is 3.60. The lowest BCUT2D eigenvalue weighted by Gasteiger charge is -2.33. The van der Waals surface area contributed by atoms with Crippen LogP contribution in [0.5, 0.6) is 5.75 Å². The van der Waals surface area contributed by atoms with Gasteiger partial charge in [0.05, 0.1) is 13.5 Å². The van der Waals surface area contributed by atoms with Crippen LogP contribution in [0.25, 0.3) is 0 Å². The first-order valence-electron chi connectivity index (χ1n) is 6.73. The van der Waals surface area contributed by atoms with Crippen LogP contribution in [0, 0.1) is 6.92 Å². The highest BCUT2D eigenvalue weighted by Crippen LogP contribution is 2.21.